The van der Waals surface area contributed by atoms with E-state index >= 15 is 0 Å². The highest BCUT2D eigenvalue weighted by Crippen LogP contribution is 2.22. The Morgan fingerprint density at radius 2 is 1.77 bits per heavy atom. The van der Waals surface area contributed by atoms with Crippen molar-refractivity contribution in [1.82, 2.24) is 5.32 Å². The molecule has 0 fully saturated rings. The summed E-state index contributed by atoms with van der Waals surface area (Å²) in [4.78, 5) is 33.5. The Morgan fingerprint density at radius 3 is 2.45 bits per heavy atom. The van der Waals surface area contributed by atoms with Crippen LogP contribution in [0.25, 0.3) is 0 Å². The van der Waals surface area contributed by atoms with Crippen LogP contribution in [-0.4, -0.2) is 16.7 Å². The number of fused-ring (bicyclic) bond motifs is 1. The Kier molecular flexibility index (Phi) is 3.30. The van der Waals surface area contributed by atoms with E-state index in [1.807, 2.05) is 0 Å². The monoisotopic (exact) mass is 297 g/mol. The zero-order valence-electron chi connectivity index (χ0n) is 11.3. The number of non-ortho nitro benzene ring substituents is 1. The van der Waals surface area contributed by atoms with Gasteiger partial charge in [-0.05, 0) is 23.8 Å². The van der Waals surface area contributed by atoms with Crippen LogP contribution in [0, 0.1) is 10.1 Å². The van der Waals surface area contributed by atoms with E-state index in [1.54, 1.807) is 30.3 Å². The predicted octanol–water partition coefficient (Wildman–Crippen LogP) is 2.09. The summed E-state index contributed by atoms with van der Waals surface area (Å²) >= 11 is 0. The van der Waals surface area contributed by atoms with E-state index < -0.39 is 16.7 Å². The second-order valence-corrected chi connectivity index (χ2v) is 4.78. The molecule has 7 nitrogen and oxygen atoms in total. The molecule has 0 bridgehead atoms. The molecule has 0 aromatic heterocycles. The largest absolute Gasteiger partial charge is 0.381 e. The first-order chi connectivity index (χ1) is 10.6. The number of rotatable bonds is 4. The standard InChI is InChI=1S/C15H11N3O4/c19-14-12-3-1-2-9(13(12)15(20)17-14)8-16-10-4-6-11(7-5-10)18(21)22/h1-7,16H,8H2,(H,17,19,20). The molecule has 2 N–H and O–H groups in total. The van der Waals surface area contributed by atoms with E-state index in [0.717, 1.165) is 0 Å². The van der Waals surface area contributed by atoms with Gasteiger partial charge in [-0.15, -0.1) is 0 Å². The predicted molar refractivity (Wildman–Crippen MR) is 78.7 cm³/mol. The quantitative estimate of drug-likeness (QED) is 0.511. The highest BCUT2D eigenvalue weighted by Gasteiger charge is 2.28. The first-order valence-electron chi connectivity index (χ1n) is 6.52. The van der Waals surface area contributed by atoms with Crippen LogP contribution in [0.2, 0.25) is 0 Å². The van der Waals surface area contributed by atoms with Crippen LogP contribution in [0.4, 0.5) is 11.4 Å². The zero-order chi connectivity index (χ0) is 15.7. The minimum Gasteiger partial charge on any atom is -0.381 e. The summed E-state index contributed by atoms with van der Waals surface area (Å²) in [6.45, 7) is 0.335. The van der Waals surface area contributed by atoms with Gasteiger partial charge in [-0.2, -0.15) is 0 Å². The number of imide groups is 1. The lowest BCUT2D eigenvalue weighted by atomic mass is 10.0. The molecule has 1 heterocycles. The second-order valence-electron chi connectivity index (χ2n) is 4.78. The molecule has 1 aliphatic heterocycles. The molecule has 0 aliphatic carbocycles. The summed E-state index contributed by atoms with van der Waals surface area (Å²) in [5, 5.41) is 15.9. The number of carbonyl (C=O) groups excluding carboxylic acids is 2. The lowest BCUT2D eigenvalue weighted by Gasteiger charge is -2.09. The number of nitro groups is 1. The maximum Gasteiger partial charge on any atom is 0.269 e. The van der Waals surface area contributed by atoms with Gasteiger partial charge in [-0.3, -0.25) is 25.0 Å². The van der Waals surface area contributed by atoms with E-state index in [2.05, 4.69) is 10.6 Å². The summed E-state index contributed by atoms with van der Waals surface area (Å²) in [6, 6.07) is 11.0. The summed E-state index contributed by atoms with van der Waals surface area (Å²) < 4.78 is 0. The molecule has 2 aromatic rings. The SMILES string of the molecule is O=C1NC(=O)c2c(CNc3ccc([N+](=O)[O-])cc3)cccc21. The molecular formula is C15H11N3O4. The van der Waals surface area contributed by atoms with Crippen LogP contribution in [0.15, 0.2) is 42.5 Å². The first kappa shape index (κ1) is 13.7. The van der Waals surface area contributed by atoms with Crippen molar-refractivity contribution in [1.29, 1.82) is 0 Å². The van der Waals surface area contributed by atoms with Crippen molar-refractivity contribution in [3.8, 4) is 0 Å². The van der Waals surface area contributed by atoms with Crippen molar-refractivity contribution in [2.45, 2.75) is 6.54 Å². The Labute approximate surface area is 125 Å². The Bertz CT molecular complexity index is 784. The van der Waals surface area contributed by atoms with Gasteiger partial charge in [0.1, 0.15) is 0 Å². The third-order valence-corrected chi connectivity index (χ3v) is 3.41. The Morgan fingerprint density at radius 1 is 1.05 bits per heavy atom. The van der Waals surface area contributed by atoms with Gasteiger partial charge in [-0.1, -0.05) is 12.1 Å². The number of nitrogens with one attached hydrogen (secondary N) is 2. The maximum atomic E-state index is 11.8. The molecule has 2 aromatic carbocycles. The number of hydrogen-bond donors (Lipinski definition) is 2. The Balaban J connectivity index is 1.79. The molecule has 1 aliphatic rings. The van der Waals surface area contributed by atoms with Crippen LogP contribution in [0.3, 0.4) is 0 Å². The topological polar surface area (TPSA) is 101 Å². The van der Waals surface area contributed by atoms with Crippen molar-refractivity contribution in [2.24, 2.45) is 0 Å². The maximum absolute atomic E-state index is 11.8. The molecule has 22 heavy (non-hydrogen) atoms. The van der Waals surface area contributed by atoms with E-state index in [4.69, 9.17) is 0 Å². The van der Waals surface area contributed by atoms with Gasteiger partial charge in [0.25, 0.3) is 17.5 Å². The van der Waals surface area contributed by atoms with Gasteiger partial charge >= 0.3 is 0 Å². The van der Waals surface area contributed by atoms with Crippen LogP contribution >= 0.6 is 0 Å². The van der Waals surface area contributed by atoms with Crippen LogP contribution in [-0.2, 0) is 6.54 Å². The number of nitrogens with zero attached hydrogens (tertiary/aromatic N) is 1. The van der Waals surface area contributed by atoms with Crippen LogP contribution in [0.1, 0.15) is 26.3 Å². The second kappa shape index (κ2) is 5.28. The fourth-order valence-corrected chi connectivity index (χ4v) is 2.34. The minimum atomic E-state index is -0.468. The molecule has 0 saturated carbocycles. The zero-order valence-corrected chi connectivity index (χ0v) is 11.3. The smallest absolute Gasteiger partial charge is 0.269 e. The van der Waals surface area contributed by atoms with Gasteiger partial charge in [0, 0.05) is 24.4 Å². The molecule has 0 saturated heterocycles. The molecule has 0 atom stereocenters. The van der Waals surface area contributed by atoms with Crippen molar-refractivity contribution >= 4 is 23.2 Å². The fraction of sp³-hybridized carbons (Fsp3) is 0.0667. The molecule has 0 unspecified atom stereocenters. The molecule has 110 valence electrons. The summed E-state index contributed by atoms with van der Waals surface area (Å²) in [7, 11) is 0. The van der Waals surface area contributed by atoms with Gasteiger partial charge in [-0.25, -0.2) is 0 Å². The fourth-order valence-electron chi connectivity index (χ4n) is 2.34. The van der Waals surface area contributed by atoms with Gasteiger partial charge < -0.3 is 5.32 Å². The number of nitro benzene ring substituents is 1. The van der Waals surface area contributed by atoms with Crippen molar-refractivity contribution in [3.05, 3.63) is 69.3 Å². The molecule has 0 spiro atoms. The number of anilines is 1. The number of carbonyl (C=O) groups is 2. The minimum absolute atomic E-state index is 0.0103. The average molecular weight is 297 g/mol. The van der Waals surface area contributed by atoms with Crippen LogP contribution < -0.4 is 10.6 Å². The first-order valence-corrected chi connectivity index (χ1v) is 6.52. The van der Waals surface area contributed by atoms with E-state index in [0.29, 0.717) is 28.9 Å². The number of hydrogen-bond acceptors (Lipinski definition) is 5. The van der Waals surface area contributed by atoms with E-state index in [9.17, 15) is 19.7 Å². The van der Waals surface area contributed by atoms with Gasteiger partial charge in [0.05, 0.1) is 16.1 Å². The summed E-state index contributed by atoms with van der Waals surface area (Å²) in [5.41, 5.74) is 2.14. The molecule has 3 rings (SSSR count). The normalized spacial score (nSPS) is 12.7. The van der Waals surface area contributed by atoms with Gasteiger partial charge in [0.2, 0.25) is 0 Å². The van der Waals surface area contributed by atoms with Crippen molar-refractivity contribution < 1.29 is 14.5 Å². The van der Waals surface area contributed by atoms with Gasteiger partial charge in [0.15, 0.2) is 0 Å². The van der Waals surface area contributed by atoms with E-state index in [1.165, 1.54) is 12.1 Å². The molecule has 0 radical (unpaired) electrons. The van der Waals surface area contributed by atoms with Crippen molar-refractivity contribution in [2.75, 3.05) is 5.32 Å². The third kappa shape index (κ3) is 2.39. The molecule has 7 heteroatoms. The molecule has 2 amide bonds. The highest BCUT2D eigenvalue weighted by molar-refractivity contribution is 6.22. The summed E-state index contributed by atoms with van der Waals surface area (Å²) in [5.74, 6) is -0.793. The number of benzene rings is 2. The van der Waals surface area contributed by atoms with E-state index in [-0.39, 0.29) is 5.69 Å². The lowest BCUT2D eigenvalue weighted by Crippen LogP contribution is -2.20. The highest BCUT2D eigenvalue weighted by atomic mass is 16.6. The Hall–Kier alpha value is -3.22. The molecular weight excluding hydrogens is 286 g/mol. The van der Waals surface area contributed by atoms with Crippen LogP contribution in [0.5, 0.6) is 0 Å². The van der Waals surface area contributed by atoms with Crippen molar-refractivity contribution in [3.63, 3.8) is 0 Å². The summed E-state index contributed by atoms with van der Waals surface area (Å²) in [6.07, 6.45) is 0. The average Bonchev–Trinajstić information content (AvgIpc) is 2.81. The third-order valence-electron chi connectivity index (χ3n) is 3.41. The lowest BCUT2D eigenvalue weighted by molar-refractivity contribution is -0.384. The number of amides is 2.